The largest absolute Gasteiger partial charge is 0.471 e. The Bertz CT molecular complexity index is 639. The molecule has 1 heterocycles. The summed E-state index contributed by atoms with van der Waals surface area (Å²) in [6.07, 6.45) is -4.86. The Morgan fingerprint density at radius 2 is 1.48 bits per heavy atom. The van der Waals surface area contributed by atoms with Crippen molar-refractivity contribution < 1.29 is 22.8 Å². The molecule has 0 bridgehead atoms. The van der Waals surface area contributed by atoms with E-state index >= 15 is 0 Å². The second-order valence-electron chi connectivity index (χ2n) is 5.28. The molecule has 1 fully saturated rings. The summed E-state index contributed by atoms with van der Waals surface area (Å²) in [5.41, 5.74) is 1.15. The minimum Gasteiger partial charge on any atom is -0.368 e. The number of alkyl halides is 6. The van der Waals surface area contributed by atoms with Gasteiger partial charge in [0.25, 0.3) is 9.70 Å². The van der Waals surface area contributed by atoms with Crippen LogP contribution >= 0.6 is 34.8 Å². The van der Waals surface area contributed by atoms with Crippen LogP contribution in [0.1, 0.15) is 0 Å². The number of piperazine rings is 1. The lowest BCUT2D eigenvalue weighted by Crippen LogP contribution is -2.52. The molecule has 2 rings (SSSR count). The van der Waals surface area contributed by atoms with Gasteiger partial charge >= 0.3 is 12.1 Å². The fourth-order valence-corrected chi connectivity index (χ4v) is 2.45. The standard InChI is InChI=1S/C14H13Cl3F3N3O2/c15-13(16,17)11(24)21-9-1-3-10(4-2-9)22-5-7-23(8-6-22)12(25)14(18,19)20/h1-4H,5-8H2,(H,21,24). The van der Waals surface area contributed by atoms with E-state index in [2.05, 4.69) is 5.32 Å². The third-order valence-electron chi connectivity index (χ3n) is 3.56. The number of nitrogens with one attached hydrogen (secondary N) is 1. The molecule has 25 heavy (non-hydrogen) atoms. The molecule has 0 unspecified atom stereocenters. The summed E-state index contributed by atoms with van der Waals surface area (Å²) in [5, 5.41) is 2.42. The zero-order valence-electron chi connectivity index (χ0n) is 12.6. The smallest absolute Gasteiger partial charge is 0.368 e. The summed E-state index contributed by atoms with van der Waals surface area (Å²) in [7, 11) is 0. The lowest BCUT2D eigenvalue weighted by atomic mass is 10.2. The van der Waals surface area contributed by atoms with E-state index < -0.39 is 21.8 Å². The Labute approximate surface area is 156 Å². The van der Waals surface area contributed by atoms with Gasteiger partial charge in [-0.1, -0.05) is 34.8 Å². The fourth-order valence-electron chi connectivity index (χ4n) is 2.30. The number of nitrogens with zero attached hydrogens (tertiary/aromatic N) is 2. The molecule has 1 aromatic carbocycles. The highest BCUT2D eigenvalue weighted by molar-refractivity contribution is 6.76. The minimum atomic E-state index is -4.86. The van der Waals surface area contributed by atoms with Crippen LogP contribution in [0.4, 0.5) is 24.5 Å². The minimum absolute atomic E-state index is 0.0237. The lowest BCUT2D eigenvalue weighted by Gasteiger charge is -2.36. The van der Waals surface area contributed by atoms with Crippen LogP contribution in [0.5, 0.6) is 0 Å². The fraction of sp³-hybridized carbons (Fsp3) is 0.429. The topological polar surface area (TPSA) is 52.7 Å². The van der Waals surface area contributed by atoms with Crippen molar-refractivity contribution in [1.82, 2.24) is 4.90 Å². The normalized spacial score (nSPS) is 15.9. The van der Waals surface area contributed by atoms with Gasteiger partial charge in [0, 0.05) is 37.6 Å². The van der Waals surface area contributed by atoms with E-state index in [9.17, 15) is 22.8 Å². The zero-order chi connectivity index (χ0) is 18.8. The molecule has 1 aromatic rings. The van der Waals surface area contributed by atoms with E-state index in [-0.39, 0.29) is 26.2 Å². The van der Waals surface area contributed by atoms with Gasteiger partial charge in [0.15, 0.2) is 0 Å². The van der Waals surface area contributed by atoms with Crippen molar-refractivity contribution in [2.75, 3.05) is 36.4 Å². The molecule has 0 spiro atoms. The van der Waals surface area contributed by atoms with Crippen LogP contribution in [-0.2, 0) is 9.59 Å². The second kappa shape index (κ2) is 7.47. The van der Waals surface area contributed by atoms with Gasteiger partial charge in [-0.15, -0.1) is 0 Å². The molecule has 0 saturated carbocycles. The number of carbonyl (C=O) groups excluding carboxylic acids is 2. The van der Waals surface area contributed by atoms with E-state index in [1.54, 1.807) is 24.3 Å². The molecule has 138 valence electrons. The highest BCUT2D eigenvalue weighted by atomic mass is 35.6. The molecular formula is C14H13Cl3F3N3O2. The van der Waals surface area contributed by atoms with E-state index in [1.165, 1.54) is 0 Å². The molecule has 2 amide bonds. The monoisotopic (exact) mass is 417 g/mol. The maximum absolute atomic E-state index is 12.4. The Kier molecular flexibility index (Phi) is 5.96. The van der Waals surface area contributed by atoms with Gasteiger partial charge in [0.05, 0.1) is 0 Å². The van der Waals surface area contributed by atoms with Crippen molar-refractivity contribution in [3.05, 3.63) is 24.3 Å². The summed E-state index contributed by atoms with van der Waals surface area (Å²) in [5.74, 6) is -2.62. The van der Waals surface area contributed by atoms with Crippen LogP contribution < -0.4 is 10.2 Å². The Balaban J connectivity index is 1.94. The molecule has 0 radical (unpaired) electrons. The SMILES string of the molecule is O=C(N1CCN(c2ccc(NC(=O)C(Cl)(Cl)Cl)cc2)CC1)C(F)(F)F. The number of anilines is 2. The number of rotatable bonds is 2. The maximum Gasteiger partial charge on any atom is 0.471 e. The zero-order valence-corrected chi connectivity index (χ0v) is 14.9. The molecule has 1 aliphatic rings. The molecule has 1 N–H and O–H groups in total. The number of hydrogen-bond donors (Lipinski definition) is 1. The average Bonchev–Trinajstić information content (AvgIpc) is 2.53. The number of benzene rings is 1. The molecule has 0 aromatic heterocycles. The molecule has 0 aliphatic carbocycles. The molecule has 1 aliphatic heterocycles. The average molecular weight is 419 g/mol. The molecule has 0 atom stereocenters. The van der Waals surface area contributed by atoms with Crippen molar-refractivity contribution in [3.8, 4) is 0 Å². The van der Waals surface area contributed by atoms with Crippen LogP contribution in [0.3, 0.4) is 0 Å². The van der Waals surface area contributed by atoms with Crippen LogP contribution in [0.15, 0.2) is 24.3 Å². The lowest BCUT2D eigenvalue weighted by molar-refractivity contribution is -0.185. The third-order valence-corrected chi connectivity index (χ3v) is 4.07. The predicted octanol–water partition coefficient (Wildman–Crippen LogP) is 3.21. The predicted molar refractivity (Wildman–Crippen MR) is 90.2 cm³/mol. The van der Waals surface area contributed by atoms with Gasteiger partial charge in [0.2, 0.25) is 0 Å². The highest BCUT2D eigenvalue weighted by Crippen LogP contribution is 2.28. The summed E-state index contributed by atoms with van der Waals surface area (Å²) < 4.78 is 35.2. The van der Waals surface area contributed by atoms with Crippen LogP contribution in [0.2, 0.25) is 0 Å². The van der Waals surface area contributed by atoms with Gasteiger partial charge in [-0.25, -0.2) is 0 Å². The summed E-state index contributed by atoms with van der Waals surface area (Å²) in [6, 6.07) is 6.51. The van der Waals surface area contributed by atoms with Gasteiger partial charge in [-0.05, 0) is 24.3 Å². The molecule has 1 saturated heterocycles. The van der Waals surface area contributed by atoms with Crippen LogP contribution in [0, 0.1) is 0 Å². The highest BCUT2D eigenvalue weighted by Gasteiger charge is 2.43. The summed E-state index contributed by atoms with van der Waals surface area (Å²) >= 11 is 16.4. The van der Waals surface area contributed by atoms with Gasteiger partial charge in [0.1, 0.15) is 0 Å². The number of halogens is 6. The van der Waals surface area contributed by atoms with Crippen molar-refractivity contribution in [2.45, 2.75) is 9.97 Å². The van der Waals surface area contributed by atoms with Crippen molar-refractivity contribution >= 4 is 58.0 Å². The molecule has 5 nitrogen and oxygen atoms in total. The van der Waals surface area contributed by atoms with E-state index in [0.717, 1.165) is 10.6 Å². The first-order valence-electron chi connectivity index (χ1n) is 7.08. The number of amides is 2. The summed E-state index contributed by atoms with van der Waals surface area (Å²) in [4.78, 5) is 25.4. The van der Waals surface area contributed by atoms with E-state index in [4.69, 9.17) is 34.8 Å². The first kappa shape index (κ1) is 19.9. The first-order valence-corrected chi connectivity index (χ1v) is 8.21. The van der Waals surface area contributed by atoms with Crippen LogP contribution in [0.25, 0.3) is 0 Å². The quantitative estimate of drug-likeness (QED) is 0.751. The van der Waals surface area contributed by atoms with Gasteiger partial charge in [-0.3, -0.25) is 9.59 Å². The van der Waals surface area contributed by atoms with E-state index in [0.29, 0.717) is 5.69 Å². The van der Waals surface area contributed by atoms with E-state index in [1.807, 2.05) is 4.90 Å². The number of hydrogen-bond acceptors (Lipinski definition) is 3. The maximum atomic E-state index is 12.4. The van der Waals surface area contributed by atoms with Crippen molar-refractivity contribution in [1.29, 1.82) is 0 Å². The Morgan fingerprint density at radius 1 is 0.960 bits per heavy atom. The van der Waals surface area contributed by atoms with Crippen molar-refractivity contribution in [2.24, 2.45) is 0 Å². The van der Waals surface area contributed by atoms with Gasteiger partial charge in [-0.2, -0.15) is 13.2 Å². The number of carbonyl (C=O) groups is 2. The Morgan fingerprint density at radius 3 is 1.92 bits per heavy atom. The molecular weight excluding hydrogens is 406 g/mol. The first-order chi connectivity index (χ1) is 11.5. The van der Waals surface area contributed by atoms with Crippen LogP contribution in [-0.4, -0.2) is 52.9 Å². The third kappa shape index (κ3) is 5.29. The summed E-state index contributed by atoms with van der Waals surface area (Å²) in [6.45, 7) is 0.484. The molecule has 11 heteroatoms. The van der Waals surface area contributed by atoms with Gasteiger partial charge < -0.3 is 15.1 Å². The second-order valence-corrected chi connectivity index (χ2v) is 7.56. The Hall–Kier alpha value is -1.38. The van der Waals surface area contributed by atoms with Crippen molar-refractivity contribution in [3.63, 3.8) is 0 Å².